The largest absolute Gasteiger partial charge is 0.394 e. The van der Waals surface area contributed by atoms with Crippen molar-refractivity contribution >= 4 is 9.52 Å². The van der Waals surface area contributed by atoms with Crippen molar-refractivity contribution in [2.24, 2.45) is 0 Å². The Labute approximate surface area is 68.3 Å². The van der Waals surface area contributed by atoms with Crippen LogP contribution in [0.15, 0.2) is 0 Å². The predicted molar refractivity (Wildman–Crippen MR) is 44.3 cm³/mol. The molecule has 4 N–H and O–H groups in total. The topological polar surface area (TPSA) is 80.9 Å². The van der Waals surface area contributed by atoms with Crippen molar-refractivity contribution in [3.8, 4) is 0 Å². The van der Waals surface area contributed by atoms with E-state index in [2.05, 4.69) is 0 Å². The second kappa shape index (κ2) is 6.75. The highest BCUT2D eigenvalue weighted by molar-refractivity contribution is 6.35. The molecule has 4 nitrogen and oxygen atoms in total. The van der Waals surface area contributed by atoms with E-state index >= 15 is 0 Å². The molecular weight excluding hydrogens is 164 g/mol. The fourth-order valence-corrected chi connectivity index (χ4v) is 2.32. The number of aliphatic hydroxyl groups is 4. The highest BCUT2D eigenvalue weighted by atomic mass is 28.2. The van der Waals surface area contributed by atoms with E-state index in [1.807, 2.05) is 0 Å². The first-order valence-electron chi connectivity index (χ1n) is 3.78. The number of rotatable bonds is 6. The van der Waals surface area contributed by atoms with Crippen molar-refractivity contribution in [3.63, 3.8) is 0 Å². The molecule has 0 aromatic heterocycles. The molecule has 0 saturated carbocycles. The molecule has 0 heterocycles. The van der Waals surface area contributed by atoms with Gasteiger partial charge in [0.2, 0.25) is 0 Å². The van der Waals surface area contributed by atoms with Gasteiger partial charge >= 0.3 is 0 Å². The Morgan fingerprint density at radius 3 is 1.55 bits per heavy atom. The summed E-state index contributed by atoms with van der Waals surface area (Å²) in [6, 6.07) is 1.21. The fourth-order valence-electron chi connectivity index (χ4n) is 0.772. The standard InChI is InChI=1S/C6H16O4Si/c7-1-5(9)3-11-4-6(10)2-8/h5-10H,1-4,11H2. The molecule has 5 heteroatoms. The first-order valence-corrected chi connectivity index (χ1v) is 5.78. The average molecular weight is 180 g/mol. The smallest absolute Gasteiger partial charge is 0.0742 e. The van der Waals surface area contributed by atoms with E-state index in [0.717, 1.165) is 0 Å². The minimum Gasteiger partial charge on any atom is -0.394 e. The van der Waals surface area contributed by atoms with Gasteiger partial charge in [0.25, 0.3) is 0 Å². The first kappa shape index (κ1) is 11.1. The molecule has 0 aliphatic carbocycles. The van der Waals surface area contributed by atoms with Gasteiger partial charge in [-0.2, -0.15) is 0 Å². The lowest BCUT2D eigenvalue weighted by Crippen LogP contribution is -2.19. The van der Waals surface area contributed by atoms with E-state index in [1.165, 1.54) is 0 Å². The molecule has 0 aliphatic rings. The van der Waals surface area contributed by atoms with Crippen LogP contribution in [0.3, 0.4) is 0 Å². The molecule has 2 unspecified atom stereocenters. The molecule has 0 fully saturated rings. The molecule has 0 aromatic rings. The molecular formula is C6H16O4Si. The lowest BCUT2D eigenvalue weighted by Gasteiger charge is -2.08. The zero-order chi connectivity index (χ0) is 8.69. The molecule has 0 bridgehead atoms. The van der Waals surface area contributed by atoms with Crippen molar-refractivity contribution in [3.05, 3.63) is 0 Å². The first-order chi connectivity index (χ1) is 5.20. The van der Waals surface area contributed by atoms with Crippen LogP contribution in [0.25, 0.3) is 0 Å². The predicted octanol–water partition coefficient (Wildman–Crippen LogP) is -2.30. The zero-order valence-corrected chi connectivity index (χ0v) is 7.89. The third kappa shape index (κ3) is 6.45. The molecule has 0 aromatic carbocycles. The summed E-state index contributed by atoms with van der Waals surface area (Å²) in [4.78, 5) is 0. The number of hydrogen-bond donors (Lipinski definition) is 4. The van der Waals surface area contributed by atoms with Crippen LogP contribution in [0, 0.1) is 0 Å². The maximum Gasteiger partial charge on any atom is 0.0742 e. The molecule has 0 saturated heterocycles. The van der Waals surface area contributed by atoms with E-state index in [4.69, 9.17) is 20.4 Å². The Hall–Kier alpha value is 0.0569. The van der Waals surface area contributed by atoms with Gasteiger partial charge in [-0.1, -0.05) is 0 Å². The SMILES string of the molecule is OCC(O)C[SiH2]CC(O)CO. The quantitative estimate of drug-likeness (QED) is 0.347. The Kier molecular flexibility index (Phi) is 6.78. The third-order valence-electron chi connectivity index (χ3n) is 1.50. The number of hydrogen-bond acceptors (Lipinski definition) is 4. The van der Waals surface area contributed by atoms with E-state index in [9.17, 15) is 0 Å². The molecule has 68 valence electrons. The number of aliphatic hydroxyl groups excluding tert-OH is 4. The van der Waals surface area contributed by atoms with Crippen molar-refractivity contribution in [2.45, 2.75) is 24.3 Å². The third-order valence-corrected chi connectivity index (χ3v) is 3.65. The van der Waals surface area contributed by atoms with Crippen LogP contribution >= 0.6 is 0 Å². The summed E-state index contributed by atoms with van der Waals surface area (Å²) in [7, 11) is -0.526. The minimum absolute atomic E-state index is 0.206. The van der Waals surface area contributed by atoms with Crippen LogP contribution in [0.2, 0.25) is 12.1 Å². The molecule has 0 rings (SSSR count). The minimum atomic E-state index is -0.632. The van der Waals surface area contributed by atoms with Gasteiger partial charge in [-0.15, -0.1) is 0 Å². The van der Waals surface area contributed by atoms with E-state index in [0.29, 0.717) is 12.1 Å². The van der Waals surface area contributed by atoms with Crippen LogP contribution in [0.4, 0.5) is 0 Å². The molecule has 0 amide bonds. The summed E-state index contributed by atoms with van der Waals surface area (Å²) in [5.74, 6) is 0. The Morgan fingerprint density at radius 2 is 1.27 bits per heavy atom. The lowest BCUT2D eigenvalue weighted by atomic mass is 10.4. The Bertz CT molecular complexity index is 80.7. The molecule has 2 atom stereocenters. The summed E-state index contributed by atoms with van der Waals surface area (Å²) in [5.41, 5.74) is 0. The van der Waals surface area contributed by atoms with Gasteiger partial charge in [0, 0.05) is 9.52 Å². The highest BCUT2D eigenvalue weighted by Crippen LogP contribution is 1.96. The normalized spacial score (nSPS) is 17.5. The van der Waals surface area contributed by atoms with Gasteiger partial charge < -0.3 is 20.4 Å². The maximum absolute atomic E-state index is 8.88. The van der Waals surface area contributed by atoms with Crippen molar-refractivity contribution in [1.29, 1.82) is 0 Å². The van der Waals surface area contributed by atoms with Crippen molar-refractivity contribution in [2.75, 3.05) is 13.2 Å². The summed E-state index contributed by atoms with van der Waals surface area (Å²) in [6.07, 6.45) is -1.26. The molecule has 0 spiro atoms. The average Bonchev–Trinajstić information content (AvgIpc) is 2.04. The highest BCUT2D eigenvalue weighted by Gasteiger charge is 2.05. The van der Waals surface area contributed by atoms with Gasteiger partial charge in [0.15, 0.2) is 0 Å². The molecule has 11 heavy (non-hydrogen) atoms. The Balaban J connectivity index is 3.13. The Morgan fingerprint density at radius 1 is 0.909 bits per heavy atom. The summed E-state index contributed by atoms with van der Waals surface area (Å²) in [5, 5.41) is 34.6. The van der Waals surface area contributed by atoms with Crippen molar-refractivity contribution < 1.29 is 20.4 Å². The summed E-state index contributed by atoms with van der Waals surface area (Å²) >= 11 is 0. The maximum atomic E-state index is 8.88. The van der Waals surface area contributed by atoms with E-state index < -0.39 is 21.7 Å². The van der Waals surface area contributed by atoms with Crippen LogP contribution < -0.4 is 0 Å². The monoisotopic (exact) mass is 180 g/mol. The second-order valence-corrected chi connectivity index (χ2v) is 4.47. The zero-order valence-electron chi connectivity index (χ0n) is 6.48. The van der Waals surface area contributed by atoms with Crippen molar-refractivity contribution in [1.82, 2.24) is 0 Å². The van der Waals surface area contributed by atoms with Crippen LogP contribution in [0.1, 0.15) is 0 Å². The summed E-state index contributed by atoms with van der Waals surface area (Å²) in [6.45, 7) is -0.412. The van der Waals surface area contributed by atoms with Crippen LogP contribution in [-0.4, -0.2) is 55.4 Å². The molecule has 0 radical (unpaired) electrons. The van der Waals surface area contributed by atoms with Gasteiger partial charge in [-0.05, 0) is 12.1 Å². The fraction of sp³-hybridized carbons (Fsp3) is 1.00. The van der Waals surface area contributed by atoms with Crippen LogP contribution in [-0.2, 0) is 0 Å². The molecule has 0 aliphatic heterocycles. The van der Waals surface area contributed by atoms with E-state index in [1.54, 1.807) is 0 Å². The van der Waals surface area contributed by atoms with Gasteiger partial charge in [-0.25, -0.2) is 0 Å². The van der Waals surface area contributed by atoms with E-state index in [-0.39, 0.29) is 13.2 Å². The lowest BCUT2D eigenvalue weighted by molar-refractivity contribution is 0.104. The van der Waals surface area contributed by atoms with Gasteiger partial charge in [0.1, 0.15) is 0 Å². The van der Waals surface area contributed by atoms with Gasteiger partial charge in [0.05, 0.1) is 25.4 Å². The van der Waals surface area contributed by atoms with Crippen LogP contribution in [0.5, 0.6) is 0 Å². The second-order valence-electron chi connectivity index (χ2n) is 2.60. The summed E-state index contributed by atoms with van der Waals surface area (Å²) < 4.78 is 0. The van der Waals surface area contributed by atoms with Gasteiger partial charge in [-0.3, -0.25) is 0 Å².